The lowest BCUT2D eigenvalue weighted by Gasteiger charge is -2.00. The van der Waals surface area contributed by atoms with Gasteiger partial charge in [-0.15, -0.1) is 0 Å². The van der Waals surface area contributed by atoms with Crippen LogP contribution in [-0.2, 0) is 4.79 Å². The van der Waals surface area contributed by atoms with Gasteiger partial charge in [0.1, 0.15) is 0 Å². The van der Waals surface area contributed by atoms with Crippen molar-refractivity contribution in [3.8, 4) is 5.75 Å². The predicted molar refractivity (Wildman–Crippen MR) is 44.5 cm³/mol. The lowest BCUT2D eigenvalue weighted by atomic mass is 10.3. The molecular weight excluding hydrogens is 154 g/mol. The Morgan fingerprint density at radius 1 is 1.42 bits per heavy atom. The zero-order valence-corrected chi connectivity index (χ0v) is 6.86. The van der Waals surface area contributed by atoms with Crippen LogP contribution in [0, 0.1) is 0 Å². The number of nitrogens with zero attached hydrogens (tertiary/aromatic N) is 1. The molecule has 1 aromatic rings. The van der Waals surface area contributed by atoms with Gasteiger partial charge in [0.25, 0.3) is 5.91 Å². The summed E-state index contributed by atoms with van der Waals surface area (Å²) < 4.78 is 0. The molecule has 63 valence electrons. The van der Waals surface area contributed by atoms with Gasteiger partial charge in [0.2, 0.25) is 0 Å². The van der Waals surface area contributed by atoms with Gasteiger partial charge in [-0.3, -0.25) is 4.79 Å². The molecule has 12 heavy (non-hydrogen) atoms. The molecule has 0 spiro atoms. The largest absolute Gasteiger partial charge is 0.354 e. The van der Waals surface area contributed by atoms with Crippen LogP contribution in [-0.4, -0.2) is 5.91 Å². The molecule has 0 aromatic heterocycles. The van der Waals surface area contributed by atoms with Crippen LogP contribution >= 0.6 is 0 Å². The van der Waals surface area contributed by atoms with E-state index in [-0.39, 0.29) is 5.91 Å². The van der Waals surface area contributed by atoms with Gasteiger partial charge in [-0.1, -0.05) is 25.1 Å². The molecule has 1 radical (unpaired) electrons. The minimum atomic E-state index is -0.251. The average molecular weight is 164 g/mol. The van der Waals surface area contributed by atoms with Crippen LogP contribution in [0.25, 0.3) is 0 Å². The van der Waals surface area contributed by atoms with Crippen molar-refractivity contribution in [1.82, 2.24) is 5.48 Å². The number of hydrogen-bond acceptors (Lipinski definition) is 2. The van der Waals surface area contributed by atoms with Crippen molar-refractivity contribution in [2.75, 3.05) is 0 Å². The Morgan fingerprint density at radius 3 is 2.67 bits per heavy atom. The quantitative estimate of drug-likeness (QED) is 0.635. The minimum absolute atomic E-state index is 0.251. The first-order chi connectivity index (χ1) is 5.83. The molecule has 0 aliphatic heterocycles. The normalized spacial score (nSPS) is 9.08. The predicted octanol–water partition coefficient (Wildman–Crippen LogP) is 1.52. The second kappa shape index (κ2) is 4.38. The number of hydroxylamine groups is 1. The fraction of sp³-hybridized carbons (Fsp3) is 0.222. The number of para-hydroxylation sites is 1. The standard InChI is InChI=1S/C9H10NO2/c1-2-9(11)10-12-8-6-4-3-5-7-8/h3-7H,2H2,1H3. The lowest BCUT2D eigenvalue weighted by Crippen LogP contribution is -2.17. The molecule has 1 rings (SSSR count). The Morgan fingerprint density at radius 2 is 2.08 bits per heavy atom. The second-order valence-electron chi connectivity index (χ2n) is 2.24. The third-order valence-electron chi connectivity index (χ3n) is 1.30. The monoisotopic (exact) mass is 164 g/mol. The molecule has 0 saturated heterocycles. The molecular formula is C9H10NO2. The molecule has 0 atom stereocenters. The van der Waals surface area contributed by atoms with Crippen molar-refractivity contribution in [1.29, 1.82) is 0 Å². The molecule has 3 heteroatoms. The van der Waals surface area contributed by atoms with E-state index >= 15 is 0 Å². The summed E-state index contributed by atoms with van der Waals surface area (Å²) in [5.41, 5.74) is 3.37. The van der Waals surface area contributed by atoms with Gasteiger partial charge in [0, 0.05) is 6.42 Å². The van der Waals surface area contributed by atoms with Crippen LogP contribution in [0.5, 0.6) is 5.75 Å². The van der Waals surface area contributed by atoms with Crippen LogP contribution in [0.3, 0.4) is 0 Å². The highest BCUT2D eigenvalue weighted by atomic mass is 16.7. The number of benzene rings is 1. The van der Waals surface area contributed by atoms with Crippen molar-refractivity contribution < 1.29 is 9.63 Å². The number of rotatable bonds is 3. The number of carbonyl (C=O) groups excluding carboxylic acids is 1. The van der Waals surface area contributed by atoms with E-state index in [1.807, 2.05) is 18.2 Å². The fourth-order valence-corrected chi connectivity index (χ4v) is 0.650. The Bertz CT molecular complexity index is 246. The number of amides is 1. The van der Waals surface area contributed by atoms with E-state index < -0.39 is 0 Å². The number of carbonyl (C=O) groups is 1. The van der Waals surface area contributed by atoms with Gasteiger partial charge >= 0.3 is 0 Å². The Labute approximate surface area is 71.3 Å². The van der Waals surface area contributed by atoms with E-state index in [2.05, 4.69) is 5.48 Å². The summed E-state index contributed by atoms with van der Waals surface area (Å²) in [6.07, 6.45) is 0.368. The highest BCUT2D eigenvalue weighted by molar-refractivity contribution is 5.74. The minimum Gasteiger partial charge on any atom is -0.354 e. The summed E-state index contributed by atoms with van der Waals surface area (Å²) >= 11 is 0. The van der Waals surface area contributed by atoms with Gasteiger partial charge in [0.15, 0.2) is 5.75 Å². The fourth-order valence-electron chi connectivity index (χ4n) is 0.650. The van der Waals surface area contributed by atoms with E-state index in [1.54, 1.807) is 19.1 Å². The first-order valence-corrected chi connectivity index (χ1v) is 3.79. The van der Waals surface area contributed by atoms with E-state index in [9.17, 15) is 4.79 Å². The summed E-state index contributed by atoms with van der Waals surface area (Å²) in [6.45, 7) is 1.74. The highest BCUT2D eigenvalue weighted by Gasteiger charge is 1.99. The van der Waals surface area contributed by atoms with Crippen molar-refractivity contribution in [2.24, 2.45) is 0 Å². The van der Waals surface area contributed by atoms with Gasteiger partial charge in [-0.05, 0) is 17.6 Å². The van der Waals surface area contributed by atoms with Crippen LogP contribution in [0.1, 0.15) is 13.3 Å². The molecule has 0 bridgehead atoms. The first kappa shape index (κ1) is 8.59. The van der Waals surface area contributed by atoms with E-state index in [0.717, 1.165) is 0 Å². The highest BCUT2D eigenvalue weighted by Crippen LogP contribution is 2.06. The smallest absolute Gasteiger partial charge is 0.281 e. The molecule has 0 saturated carbocycles. The zero-order chi connectivity index (χ0) is 8.81. The van der Waals surface area contributed by atoms with Crippen LogP contribution in [0.15, 0.2) is 30.3 Å². The van der Waals surface area contributed by atoms with Gasteiger partial charge < -0.3 is 4.84 Å². The van der Waals surface area contributed by atoms with Crippen molar-refractivity contribution >= 4 is 5.91 Å². The first-order valence-electron chi connectivity index (χ1n) is 3.79. The Hall–Kier alpha value is -1.51. The topological polar surface area (TPSA) is 40.4 Å². The van der Waals surface area contributed by atoms with Crippen LogP contribution < -0.4 is 10.3 Å². The van der Waals surface area contributed by atoms with E-state index in [1.165, 1.54) is 0 Å². The van der Waals surface area contributed by atoms with Crippen LogP contribution in [0.4, 0.5) is 0 Å². The lowest BCUT2D eigenvalue weighted by molar-refractivity contribution is -0.127. The van der Waals surface area contributed by atoms with Gasteiger partial charge in [-0.2, -0.15) is 0 Å². The SMILES string of the molecule is CCC(=O)[N]Oc1ccccc1. The molecule has 0 unspecified atom stereocenters. The molecule has 0 aliphatic carbocycles. The van der Waals surface area contributed by atoms with Crippen LogP contribution in [0.2, 0.25) is 0 Å². The molecule has 3 nitrogen and oxygen atoms in total. The Balaban J connectivity index is 2.38. The zero-order valence-electron chi connectivity index (χ0n) is 6.86. The molecule has 0 heterocycles. The van der Waals surface area contributed by atoms with Gasteiger partial charge in [0.05, 0.1) is 0 Å². The molecule has 1 amide bonds. The third-order valence-corrected chi connectivity index (χ3v) is 1.30. The van der Waals surface area contributed by atoms with E-state index in [0.29, 0.717) is 12.2 Å². The molecule has 0 N–H and O–H groups in total. The van der Waals surface area contributed by atoms with Crippen molar-refractivity contribution in [3.63, 3.8) is 0 Å². The van der Waals surface area contributed by atoms with Crippen molar-refractivity contribution in [2.45, 2.75) is 13.3 Å². The summed E-state index contributed by atoms with van der Waals surface area (Å²) in [5.74, 6) is 0.332. The molecule has 0 fully saturated rings. The maximum absolute atomic E-state index is 10.7. The second-order valence-corrected chi connectivity index (χ2v) is 2.24. The maximum atomic E-state index is 10.7. The molecule has 1 aromatic carbocycles. The summed E-state index contributed by atoms with van der Waals surface area (Å²) in [5, 5.41) is 0. The third kappa shape index (κ3) is 2.62. The summed E-state index contributed by atoms with van der Waals surface area (Å²) in [6, 6.07) is 9.00. The molecule has 0 aliphatic rings. The Kier molecular flexibility index (Phi) is 3.14. The van der Waals surface area contributed by atoms with Gasteiger partial charge in [-0.25, -0.2) is 0 Å². The average Bonchev–Trinajstić information content (AvgIpc) is 2.16. The van der Waals surface area contributed by atoms with E-state index in [4.69, 9.17) is 4.84 Å². The summed E-state index contributed by atoms with van der Waals surface area (Å²) in [7, 11) is 0. The maximum Gasteiger partial charge on any atom is 0.281 e. The summed E-state index contributed by atoms with van der Waals surface area (Å²) in [4.78, 5) is 15.5. The number of hydrogen-bond donors (Lipinski definition) is 0. The van der Waals surface area contributed by atoms with Crippen molar-refractivity contribution in [3.05, 3.63) is 30.3 Å².